The van der Waals surface area contributed by atoms with Crippen molar-refractivity contribution in [1.82, 2.24) is 9.80 Å². The molecule has 0 N–H and O–H groups in total. The average Bonchev–Trinajstić information content (AvgIpc) is 2.73. The number of amides is 2. The van der Waals surface area contributed by atoms with Gasteiger partial charge in [0.1, 0.15) is 0 Å². The molecule has 0 atom stereocenters. The molecule has 170 valence electrons. The molecule has 1 aromatic rings. The van der Waals surface area contributed by atoms with E-state index in [0.29, 0.717) is 43.7 Å². The maximum atomic E-state index is 12.7. The monoisotopic (exact) mass is 440 g/mol. The maximum Gasteiger partial charge on any atom is 0.416 e. The third-order valence-corrected chi connectivity index (χ3v) is 5.22. The van der Waals surface area contributed by atoms with E-state index in [4.69, 9.17) is 4.74 Å². The number of carbonyl (C=O) groups excluding carboxylic acids is 3. The highest BCUT2D eigenvalue weighted by atomic mass is 19.4. The summed E-state index contributed by atoms with van der Waals surface area (Å²) in [7, 11) is 1.49. The van der Waals surface area contributed by atoms with Crippen LogP contribution in [0.25, 0.3) is 5.57 Å². The van der Waals surface area contributed by atoms with Gasteiger partial charge < -0.3 is 14.5 Å². The van der Waals surface area contributed by atoms with Crippen LogP contribution in [0.1, 0.15) is 37.8 Å². The molecule has 1 fully saturated rings. The molecule has 9 heteroatoms. The molecule has 0 spiro atoms. The van der Waals surface area contributed by atoms with Crippen molar-refractivity contribution in [3.63, 3.8) is 0 Å². The van der Waals surface area contributed by atoms with Crippen molar-refractivity contribution in [3.8, 4) is 0 Å². The van der Waals surface area contributed by atoms with Crippen LogP contribution in [0.5, 0.6) is 0 Å². The first kappa shape index (κ1) is 24.4. The molecule has 2 rings (SSSR count). The molecule has 6 nitrogen and oxygen atoms in total. The Hall–Kier alpha value is -2.84. The number of rotatable bonds is 6. The fraction of sp³-hybridized carbons (Fsp3) is 0.500. The zero-order chi connectivity index (χ0) is 23.2. The van der Waals surface area contributed by atoms with Crippen molar-refractivity contribution < 1.29 is 32.3 Å². The standard InChI is InChI=1S/C22H27F3N2O4/c1-4-31-21(30)17-9-11-27(12-10-17)20(29)14-26(3)19(28)13-15(2)16-5-7-18(8-6-16)22(23,24)25/h5-8,13,17H,4,9-12,14H2,1-3H3. The first-order valence-electron chi connectivity index (χ1n) is 10.1. The van der Waals surface area contributed by atoms with Crippen molar-refractivity contribution in [2.45, 2.75) is 32.9 Å². The van der Waals surface area contributed by atoms with Gasteiger partial charge in [-0.15, -0.1) is 0 Å². The fourth-order valence-electron chi connectivity index (χ4n) is 3.31. The number of nitrogens with zero attached hydrogens (tertiary/aromatic N) is 2. The van der Waals surface area contributed by atoms with Crippen LogP contribution in [-0.4, -0.2) is 60.9 Å². The van der Waals surface area contributed by atoms with E-state index in [1.807, 2.05) is 0 Å². The Morgan fingerprint density at radius 3 is 2.26 bits per heavy atom. The number of esters is 1. The molecule has 0 aliphatic carbocycles. The highest BCUT2D eigenvalue weighted by Crippen LogP contribution is 2.30. The molecule has 0 radical (unpaired) electrons. The molecule has 31 heavy (non-hydrogen) atoms. The van der Waals surface area contributed by atoms with Gasteiger partial charge in [-0.3, -0.25) is 14.4 Å². The minimum atomic E-state index is -4.42. The quantitative estimate of drug-likeness (QED) is 0.503. The number of ether oxygens (including phenoxy) is 1. The van der Waals surface area contributed by atoms with E-state index in [1.54, 1.807) is 18.7 Å². The first-order valence-corrected chi connectivity index (χ1v) is 10.1. The molecule has 1 aliphatic heterocycles. The van der Waals surface area contributed by atoms with Crippen LogP contribution in [0.2, 0.25) is 0 Å². The smallest absolute Gasteiger partial charge is 0.416 e. The summed E-state index contributed by atoms with van der Waals surface area (Å²) >= 11 is 0. The summed E-state index contributed by atoms with van der Waals surface area (Å²) in [4.78, 5) is 39.6. The van der Waals surface area contributed by atoms with E-state index in [1.165, 1.54) is 30.2 Å². The summed E-state index contributed by atoms with van der Waals surface area (Å²) < 4.78 is 43.0. The second-order valence-corrected chi connectivity index (χ2v) is 7.50. The molecular weight excluding hydrogens is 413 g/mol. The molecule has 2 amide bonds. The highest BCUT2D eigenvalue weighted by molar-refractivity contribution is 5.96. The van der Waals surface area contributed by atoms with Gasteiger partial charge in [0.25, 0.3) is 0 Å². The van der Waals surface area contributed by atoms with Crippen molar-refractivity contribution in [2.24, 2.45) is 5.92 Å². The van der Waals surface area contributed by atoms with Crippen LogP contribution in [-0.2, 0) is 25.3 Å². The predicted octanol–water partition coefficient (Wildman–Crippen LogP) is 3.37. The van der Waals surface area contributed by atoms with Crippen molar-refractivity contribution in [1.29, 1.82) is 0 Å². The number of halogens is 3. The van der Waals surface area contributed by atoms with E-state index >= 15 is 0 Å². The van der Waals surface area contributed by atoms with E-state index in [2.05, 4.69) is 0 Å². The van der Waals surface area contributed by atoms with E-state index in [9.17, 15) is 27.6 Å². The highest BCUT2D eigenvalue weighted by Gasteiger charge is 2.30. The van der Waals surface area contributed by atoms with Crippen molar-refractivity contribution >= 4 is 23.4 Å². The van der Waals surface area contributed by atoms with Crippen molar-refractivity contribution in [3.05, 3.63) is 41.5 Å². The van der Waals surface area contributed by atoms with Gasteiger partial charge in [0.05, 0.1) is 24.6 Å². The molecule has 0 unspecified atom stereocenters. The van der Waals surface area contributed by atoms with Gasteiger partial charge in [-0.25, -0.2) is 0 Å². The fourth-order valence-corrected chi connectivity index (χ4v) is 3.31. The number of likely N-dealkylation sites (N-methyl/N-ethyl adjacent to an activating group) is 1. The van der Waals surface area contributed by atoms with Crippen LogP contribution in [0.15, 0.2) is 30.3 Å². The van der Waals surface area contributed by atoms with Crippen LogP contribution in [0, 0.1) is 5.92 Å². The van der Waals surface area contributed by atoms with Gasteiger partial charge in [-0.2, -0.15) is 13.2 Å². The number of hydrogen-bond acceptors (Lipinski definition) is 4. The van der Waals surface area contributed by atoms with E-state index < -0.39 is 17.6 Å². The number of benzene rings is 1. The second-order valence-electron chi connectivity index (χ2n) is 7.50. The number of hydrogen-bond donors (Lipinski definition) is 0. The Labute approximate surface area is 179 Å². The van der Waals surface area contributed by atoms with E-state index in [-0.39, 0.29) is 24.3 Å². The number of allylic oxidation sites excluding steroid dienone is 1. The van der Waals surface area contributed by atoms with Gasteiger partial charge in [-0.05, 0) is 50.0 Å². The molecule has 0 saturated carbocycles. The van der Waals surface area contributed by atoms with Crippen molar-refractivity contribution in [2.75, 3.05) is 33.3 Å². The average molecular weight is 440 g/mol. The summed E-state index contributed by atoms with van der Waals surface area (Å²) in [5, 5.41) is 0. The Bertz CT molecular complexity index is 826. The van der Waals surface area contributed by atoms with Crippen LogP contribution in [0.3, 0.4) is 0 Å². The van der Waals surface area contributed by atoms with Gasteiger partial charge in [0.15, 0.2) is 0 Å². The van der Waals surface area contributed by atoms with Crippen LogP contribution < -0.4 is 0 Å². The zero-order valence-electron chi connectivity index (χ0n) is 17.9. The second kappa shape index (κ2) is 10.5. The lowest BCUT2D eigenvalue weighted by atomic mass is 9.97. The summed E-state index contributed by atoms with van der Waals surface area (Å²) in [5.41, 5.74) is 0.222. The molecule has 0 bridgehead atoms. The molecule has 1 aliphatic rings. The van der Waals surface area contributed by atoms with Gasteiger partial charge in [0, 0.05) is 26.2 Å². The number of alkyl halides is 3. The molecular formula is C22H27F3N2O4. The lowest BCUT2D eigenvalue weighted by Gasteiger charge is -2.32. The predicted molar refractivity (Wildman–Crippen MR) is 109 cm³/mol. The minimum Gasteiger partial charge on any atom is -0.466 e. The van der Waals surface area contributed by atoms with E-state index in [0.717, 1.165) is 12.1 Å². The van der Waals surface area contributed by atoms with Crippen LogP contribution >= 0.6 is 0 Å². The third-order valence-electron chi connectivity index (χ3n) is 5.22. The number of carbonyl (C=O) groups is 3. The summed E-state index contributed by atoms with van der Waals surface area (Å²) in [5.74, 6) is -1.10. The Morgan fingerprint density at radius 2 is 1.74 bits per heavy atom. The normalized spacial score (nSPS) is 15.5. The molecule has 0 aromatic heterocycles. The Balaban J connectivity index is 1.90. The topological polar surface area (TPSA) is 66.9 Å². The summed E-state index contributed by atoms with van der Waals surface area (Å²) in [6.45, 7) is 4.41. The molecule has 1 heterocycles. The van der Waals surface area contributed by atoms with Crippen LogP contribution in [0.4, 0.5) is 13.2 Å². The minimum absolute atomic E-state index is 0.125. The lowest BCUT2D eigenvalue weighted by Crippen LogP contribution is -2.45. The lowest BCUT2D eigenvalue weighted by molar-refractivity contribution is -0.151. The first-order chi connectivity index (χ1) is 14.5. The number of piperidine rings is 1. The number of likely N-dealkylation sites (tertiary alicyclic amines) is 1. The Morgan fingerprint density at radius 1 is 1.16 bits per heavy atom. The SMILES string of the molecule is CCOC(=O)C1CCN(C(=O)CN(C)C(=O)C=C(C)c2ccc(C(F)(F)F)cc2)CC1. The summed E-state index contributed by atoms with van der Waals surface area (Å²) in [6, 6.07) is 4.54. The largest absolute Gasteiger partial charge is 0.466 e. The summed E-state index contributed by atoms with van der Waals surface area (Å²) in [6.07, 6.45) is -2.08. The Kier molecular flexibility index (Phi) is 8.24. The zero-order valence-corrected chi connectivity index (χ0v) is 17.9. The van der Waals surface area contributed by atoms with Gasteiger partial charge in [0.2, 0.25) is 11.8 Å². The maximum absolute atomic E-state index is 12.7. The van der Waals surface area contributed by atoms with Gasteiger partial charge >= 0.3 is 12.1 Å². The molecule has 1 saturated heterocycles. The van der Waals surface area contributed by atoms with Gasteiger partial charge in [-0.1, -0.05) is 12.1 Å². The third kappa shape index (κ3) is 6.83. The molecule has 1 aromatic carbocycles.